The van der Waals surface area contributed by atoms with E-state index in [4.69, 9.17) is 18.9 Å². The van der Waals surface area contributed by atoms with Crippen LogP contribution in [0.2, 0.25) is 0 Å². The second-order valence-electron chi connectivity index (χ2n) is 28.8. The molecule has 0 atom stereocenters. The van der Waals surface area contributed by atoms with Gasteiger partial charge < -0.3 is 39.4 Å². The molecule has 13 rings (SSSR count). The standard InChI is InChI=1S/C80H66N2O16/c1-77(2,3)43-13-21-49(22-14-43)95-57-35-53-61-54(70(84)81(69(53)83)47-31-39(73(87)88)29-40(32-47)74(89)90)37-59(97-51-25-17-45(18-26-51)79(7,8)9)65-66-60(98-52-27-19-46(20-28-52)80(10,11)12)38-56-62-55(71(85)82(72(56)86)48-33-41(75(91)92)30-42(34-48)76(93)94)36-58(64(68(62)66)63(57)67(61)65)96-50-23-15-44(16-24-50)78(4,5)6/h13-38H,1-12H3,(H,87,88)(H,89,90)(H,91,92)(H,93,94). The number of hydrogen-bond acceptors (Lipinski definition) is 12. The first-order valence-corrected chi connectivity index (χ1v) is 31.6. The lowest BCUT2D eigenvalue weighted by Crippen LogP contribution is -2.41. The molecule has 4 amide bonds. The Balaban J connectivity index is 1.25. The van der Waals surface area contributed by atoms with Gasteiger partial charge in [0.05, 0.1) is 55.9 Å². The van der Waals surface area contributed by atoms with Gasteiger partial charge in [0.25, 0.3) is 23.6 Å². The first-order valence-electron chi connectivity index (χ1n) is 31.6. The number of fused-ring (bicyclic) bond motifs is 2. The van der Waals surface area contributed by atoms with Crippen molar-refractivity contribution >= 4 is 102 Å². The topological polar surface area (TPSA) is 261 Å². The number of carboxylic acid groups (broad SMARTS) is 4. The maximum absolute atomic E-state index is 16.0. The Labute approximate surface area is 562 Å². The van der Waals surface area contributed by atoms with E-state index in [1.807, 2.05) is 132 Å². The third-order valence-corrected chi connectivity index (χ3v) is 18.0. The zero-order valence-corrected chi connectivity index (χ0v) is 55.6. The van der Waals surface area contributed by atoms with Gasteiger partial charge in [-0.1, -0.05) is 132 Å². The van der Waals surface area contributed by atoms with Crippen LogP contribution in [0.1, 0.15) is 188 Å². The van der Waals surface area contributed by atoms with E-state index in [1.165, 1.54) is 24.3 Å². The fourth-order valence-electron chi connectivity index (χ4n) is 12.9. The molecule has 4 N–H and O–H groups in total. The molecular weight excluding hydrogens is 1240 g/mol. The molecule has 11 aromatic carbocycles. The maximum Gasteiger partial charge on any atom is 0.335 e. The molecule has 0 saturated carbocycles. The Morgan fingerprint density at radius 1 is 0.276 bits per heavy atom. The lowest BCUT2D eigenvalue weighted by molar-refractivity contribution is 0.0676. The molecule has 0 spiro atoms. The van der Waals surface area contributed by atoms with Crippen molar-refractivity contribution in [3.05, 3.63) is 224 Å². The number of carboxylic acids is 4. The molecule has 18 nitrogen and oxygen atoms in total. The van der Waals surface area contributed by atoms with E-state index in [9.17, 15) is 39.6 Å². The number of hydrogen-bond donors (Lipinski definition) is 4. The van der Waals surface area contributed by atoms with Crippen molar-refractivity contribution in [2.45, 2.75) is 105 Å². The average Bonchev–Trinajstić information content (AvgIpc) is 0.671. The minimum Gasteiger partial charge on any atom is -0.478 e. The number of nitrogens with zero attached hydrogens (tertiary/aromatic N) is 2. The highest BCUT2D eigenvalue weighted by Crippen LogP contribution is 2.58. The van der Waals surface area contributed by atoms with Crippen molar-refractivity contribution < 1.29 is 77.7 Å². The molecule has 0 aromatic heterocycles. The fraction of sp³-hybridized carbons (Fsp3) is 0.200. The van der Waals surface area contributed by atoms with Crippen molar-refractivity contribution in [2.24, 2.45) is 0 Å². The van der Waals surface area contributed by atoms with E-state index in [1.54, 1.807) is 48.5 Å². The quantitative estimate of drug-likeness (QED) is 0.0448. The van der Waals surface area contributed by atoms with Gasteiger partial charge >= 0.3 is 23.9 Å². The number of ether oxygens (including phenoxy) is 4. The van der Waals surface area contributed by atoms with Crippen LogP contribution in [0.25, 0.3) is 43.1 Å². The Bertz CT molecular complexity index is 4670. The minimum atomic E-state index is -1.53. The molecule has 2 aliphatic heterocycles. The van der Waals surface area contributed by atoms with Crippen molar-refractivity contribution in [2.75, 3.05) is 9.80 Å². The highest BCUT2D eigenvalue weighted by atomic mass is 16.5. The van der Waals surface area contributed by atoms with Crippen LogP contribution in [0.3, 0.4) is 0 Å². The molecule has 98 heavy (non-hydrogen) atoms. The Morgan fingerprint density at radius 2 is 0.469 bits per heavy atom. The van der Waals surface area contributed by atoms with Gasteiger partial charge in [0.1, 0.15) is 46.0 Å². The van der Waals surface area contributed by atoms with Gasteiger partial charge in [-0.15, -0.1) is 0 Å². The van der Waals surface area contributed by atoms with Gasteiger partial charge in [0.2, 0.25) is 0 Å². The Morgan fingerprint density at radius 3 is 0.643 bits per heavy atom. The van der Waals surface area contributed by atoms with Crippen LogP contribution in [0, 0.1) is 0 Å². The van der Waals surface area contributed by atoms with Gasteiger partial charge in [-0.25, -0.2) is 29.0 Å². The van der Waals surface area contributed by atoms with Crippen molar-refractivity contribution in [3.8, 4) is 46.0 Å². The number of imide groups is 2. The van der Waals surface area contributed by atoms with E-state index in [0.29, 0.717) is 9.80 Å². The zero-order valence-electron chi connectivity index (χ0n) is 55.6. The minimum absolute atomic E-state index is 0.0332. The van der Waals surface area contributed by atoms with Gasteiger partial charge in [-0.2, -0.15) is 0 Å². The van der Waals surface area contributed by atoms with Crippen LogP contribution < -0.4 is 28.7 Å². The van der Waals surface area contributed by atoms with Crippen LogP contribution in [0.4, 0.5) is 11.4 Å². The highest BCUT2D eigenvalue weighted by Gasteiger charge is 2.43. The predicted octanol–water partition coefficient (Wildman–Crippen LogP) is 18.5. The largest absolute Gasteiger partial charge is 0.478 e. The van der Waals surface area contributed by atoms with Gasteiger partial charge in [0.15, 0.2) is 0 Å². The predicted molar refractivity (Wildman–Crippen MR) is 372 cm³/mol. The summed E-state index contributed by atoms with van der Waals surface area (Å²) in [5.41, 5.74) is -1.04. The van der Waals surface area contributed by atoms with Crippen LogP contribution in [0.5, 0.6) is 46.0 Å². The summed E-state index contributed by atoms with van der Waals surface area (Å²) in [4.78, 5) is 116. The lowest BCUT2D eigenvalue weighted by Gasteiger charge is -2.33. The van der Waals surface area contributed by atoms with Gasteiger partial charge in [0, 0.05) is 43.1 Å². The number of amides is 4. The zero-order chi connectivity index (χ0) is 70.3. The third kappa shape index (κ3) is 11.2. The molecule has 0 fully saturated rings. The third-order valence-electron chi connectivity index (χ3n) is 18.0. The lowest BCUT2D eigenvalue weighted by atomic mass is 9.80. The first-order chi connectivity index (χ1) is 46.0. The summed E-state index contributed by atoms with van der Waals surface area (Å²) in [5.74, 6) is -9.34. The van der Waals surface area contributed by atoms with E-state index in [-0.39, 0.29) is 144 Å². The average molecular weight is 1310 g/mol. The van der Waals surface area contributed by atoms with Gasteiger partial charge in [-0.3, -0.25) is 19.2 Å². The Kier molecular flexibility index (Phi) is 15.1. The van der Waals surface area contributed by atoms with Crippen LogP contribution >= 0.6 is 0 Å². The van der Waals surface area contributed by atoms with Crippen molar-refractivity contribution in [3.63, 3.8) is 0 Å². The second kappa shape index (κ2) is 22.9. The number of rotatable bonds is 14. The summed E-state index contributed by atoms with van der Waals surface area (Å²) in [7, 11) is 0. The van der Waals surface area contributed by atoms with Crippen molar-refractivity contribution in [1.82, 2.24) is 0 Å². The first kappa shape index (κ1) is 64.8. The van der Waals surface area contributed by atoms with E-state index in [0.717, 1.165) is 58.7 Å². The smallest absolute Gasteiger partial charge is 0.335 e. The fourth-order valence-corrected chi connectivity index (χ4v) is 12.9. The van der Waals surface area contributed by atoms with Crippen molar-refractivity contribution in [1.29, 1.82) is 0 Å². The maximum atomic E-state index is 16.0. The summed E-state index contributed by atoms with van der Waals surface area (Å²) < 4.78 is 28.7. The highest BCUT2D eigenvalue weighted by molar-refractivity contribution is 6.48. The molecule has 0 bridgehead atoms. The molecule has 0 radical (unpaired) electrons. The molecule has 0 saturated heterocycles. The monoisotopic (exact) mass is 1310 g/mol. The van der Waals surface area contributed by atoms with E-state index >= 15 is 19.2 Å². The normalized spacial score (nSPS) is 13.5. The van der Waals surface area contributed by atoms with E-state index < -0.39 is 69.8 Å². The number of aromatic carboxylic acids is 4. The van der Waals surface area contributed by atoms with Crippen LogP contribution in [0.15, 0.2) is 158 Å². The number of benzene rings is 11. The molecule has 2 aliphatic rings. The van der Waals surface area contributed by atoms with Crippen LogP contribution in [-0.4, -0.2) is 67.9 Å². The molecule has 0 unspecified atom stereocenters. The summed E-state index contributed by atoms with van der Waals surface area (Å²) in [6.07, 6.45) is 0. The molecule has 18 heteroatoms. The molecule has 492 valence electrons. The van der Waals surface area contributed by atoms with Crippen LogP contribution in [-0.2, 0) is 21.7 Å². The number of anilines is 2. The summed E-state index contributed by atoms with van der Waals surface area (Å²) in [6.45, 7) is 24.6. The summed E-state index contributed by atoms with van der Waals surface area (Å²) >= 11 is 0. The summed E-state index contributed by atoms with van der Waals surface area (Å²) in [5, 5.41) is 42.4. The summed E-state index contributed by atoms with van der Waals surface area (Å²) in [6, 6.07) is 40.7. The van der Waals surface area contributed by atoms with E-state index in [2.05, 4.69) is 0 Å². The second-order valence-corrected chi connectivity index (χ2v) is 28.8. The number of carbonyl (C=O) groups excluding carboxylic acids is 4. The SMILES string of the molecule is CC(C)(C)c1ccc(Oc2cc3c4c(cc(Oc5ccc(C(C)(C)C)cc5)c5c6c(Oc7ccc(C(C)(C)C)cc7)cc7c8c(cc(Oc9ccc(C(C)(C)C)cc9)c(c2c45)c86)C(=O)N(c2cc(C(=O)O)cc(C(=O)O)c2)C7=O)C(=O)N(c2cc(C(=O)O)cc(C(=O)O)c2)C3=O)cc1. The molecule has 2 heterocycles. The van der Waals surface area contributed by atoms with Gasteiger partial charge in [-0.05, 0) is 153 Å². The molecule has 0 aliphatic carbocycles. The Hall–Kier alpha value is -11.9. The molecule has 11 aromatic rings. The number of carbonyl (C=O) groups is 8. The molecular formula is C80H66N2O16.